The summed E-state index contributed by atoms with van der Waals surface area (Å²) in [6.45, 7) is 2.55. The lowest BCUT2D eigenvalue weighted by Crippen LogP contribution is -2.02. The van der Waals surface area contributed by atoms with Gasteiger partial charge in [0.2, 0.25) is 0 Å². The number of para-hydroxylation sites is 1. The molecule has 0 amide bonds. The van der Waals surface area contributed by atoms with Crippen molar-refractivity contribution in [2.45, 2.75) is 19.9 Å². The summed E-state index contributed by atoms with van der Waals surface area (Å²) in [5, 5.41) is 10.1. The first-order chi connectivity index (χ1) is 10.2. The van der Waals surface area contributed by atoms with Crippen molar-refractivity contribution in [1.82, 2.24) is 4.57 Å². The molecule has 2 nitrogen and oxygen atoms in total. The van der Waals surface area contributed by atoms with Gasteiger partial charge in [0.05, 0.1) is 23.7 Å². The smallest absolute Gasteiger partial charge is 0.128 e. The van der Waals surface area contributed by atoms with Gasteiger partial charge in [-0.3, -0.25) is 0 Å². The lowest BCUT2D eigenvalue weighted by molar-refractivity contribution is 0.601. The molecule has 0 aliphatic heterocycles. The van der Waals surface area contributed by atoms with Crippen LogP contribution in [0.5, 0.6) is 0 Å². The van der Waals surface area contributed by atoms with Crippen molar-refractivity contribution in [3.8, 4) is 6.07 Å². The van der Waals surface area contributed by atoms with Crippen molar-refractivity contribution in [2.24, 2.45) is 0 Å². The van der Waals surface area contributed by atoms with E-state index in [1.165, 1.54) is 17.7 Å². The molecule has 21 heavy (non-hydrogen) atoms. The third-order valence-electron chi connectivity index (χ3n) is 3.77. The van der Waals surface area contributed by atoms with Crippen LogP contribution in [0.25, 0.3) is 10.9 Å². The second kappa shape index (κ2) is 5.41. The molecule has 0 unspecified atom stereocenters. The number of hydrogen-bond acceptors (Lipinski definition) is 1. The Hall–Kier alpha value is -2.60. The van der Waals surface area contributed by atoms with Gasteiger partial charge in [0, 0.05) is 11.8 Å². The zero-order valence-corrected chi connectivity index (χ0v) is 11.8. The molecule has 0 aliphatic carbocycles. The van der Waals surface area contributed by atoms with Crippen LogP contribution in [-0.2, 0) is 13.0 Å². The summed E-state index contributed by atoms with van der Waals surface area (Å²) in [4.78, 5) is 0. The summed E-state index contributed by atoms with van der Waals surface area (Å²) in [5.74, 6) is -0.273. The molecule has 0 saturated heterocycles. The molecule has 3 aromatic rings. The zero-order chi connectivity index (χ0) is 14.8. The Balaban J connectivity index is 2.09. The summed E-state index contributed by atoms with van der Waals surface area (Å²) in [5.41, 5.74) is 3.41. The van der Waals surface area contributed by atoms with E-state index in [9.17, 15) is 4.39 Å². The van der Waals surface area contributed by atoms with Crippen LogP contribution in [0.3, 0.4) is 0 Å². The summed E-state index contributed by atoms with van der Waals surface area (Å²) < 4.78 is 16.0. The molecule has 104 valence electrons. The first-order valence-corrected chi connectivity index (χ1v) is 6.98. The quantitative estimate of drug-likeness (QED) is 0.703. The summed E-state index contributed by atoms with van der Waals surface area (Å²) in [6.07, 6.45) is 2.91. The normalized spacial score (nSPS) is 10.7. The maximum absolute atomic E-state index is 14.0. The lowest BCUT2D eigenvalue weighted by atomic mass is 10.1. The Morgan fingerprint density at radius 2 is 2.00 bits per heavy atom. The van der Waals surface area contributed by atoms with Crippen LogP contribution in [0.2, 0.25) is 0 Å². The average Bonchev–Trinajstić information content (AvgIpc) is 2.92. The van der Waals surface area contributed by atoms with Gasteiger partial charge in [-0.2, -0.15) is 5.26 Å². The van der Waals surface area contributed by atoms with Gasteiger partial charge in [0.25, 0.3) is 0 Å². The molecule has 3 heteroatoms. The molecule has 0 radical (unpaired) electrons. The first kappa shape index (κ1) is 13.4. The van der Waals surface area contributed by atoms with Gasteiger partial charge in [-0.05, 0) is 41.6 Å². The molecule has 0 atom stereocenters. The number of fused-ring (bicyclic) bond motifs is 1. The van der Waals surface area contributed by atoms with E-state index in [0.717, 1.165) is 17.3 Å². The minimum absolute atomic E-state index is 0.273. The maximum atomic E-state index is 14.0. The fourth-order valence-corrected chi connectivity index (χ4v) is 2.71. The fraction of sp³-hybridized carbons (Fsp3) is 0.167. The highest BCUT2D eigenvalue weighted by Gasteiger charge is 2.09. The Labute approximate surface area is 123 Å². The number of nitriles is 1. The Morgan fingerprint density at radius 1 is 1.14 bits per heavy atom. The van der Waals surface area contributed by atoms with Crippen molar-refractivity contribution < 1.29 is 4.39 Å². The predicted molar refractivity (Wildman–Crippen MR) is 81.5 cm³/mol. The zero-order valence-electron chi connectivity index (χ0n) is 11.8. The van der Waals surface area contributed by atoms with Crippen molar-refractivity contribution in [3.05, 3.63) is 71.2 Å². The number of benzene rings is 2. The number of nitrogens with zero attached hydrogens (tertiary/aromatic N) is 2. The van der Waals surface area contributed by atoms with Gasteiger partial charge in [-0.1, -0.05) is 25.1 Å². The molecular formula is C18H15FN2. The van der Waals surface area contributed by atoms with Gasteiger partial charge < -0.3 is 4.57 Å². The number of rotatable bonds is 3. The molecule has 1 heterocycles. The first-order valence-electron chi connectivity index (χ1n) is 6.98. The van der Waals surface area contributed by atoms with E-state index >= 15 is 0 Å². The van der Waals surface area contributed by atoms with Crippen molar-refractivity contribution in [2.75, 3.05) is 0 Å². The highest BCUT2D eigenvalue weighted by Crippen LogP contribution is 2.23. The number of halogens is 1. The van der Waals surface area contributed by atoms with Gasteiger partial charge >= 0.3 is 0 Å². The monoisotopic (exact) mass is 278 g/mol. The van der Waals surface area contributed by atoms with Crippen LogP contribution in [0.15, 0.2) is 48.7 Å². The van der Waals surface area contributed by atoms with Gasteiger partial charge in [-0.15, -0.1) is 0 Å². The van der Waals surface area contributed by atoms with Gasteiger partial charge in [0.1, 0.15) is 5.82 Å². The van der Waals surface area contributed by atoms with Crippen molar-refractivity contribution >= 4 is 10.9 Å². The van der Waals surface area contributed by atoms with Gasteiger partial charge in [-0.25, -0.2) is 4.39 Å². The third-order valence-corrected chi connectivity index (χ3v) is 3.77. The van der Waals surface area contributed by atoms with E-state index in [2.05, 4.69) is 25.1 Å². The maximum Gasteiger partial charge on any atom is 0.128 e. The third kappa shape index (κ3) is 2.41. The van der Waals surface area contributed by atoms with E-state index < -0.39 is 0 Å². The van der Waals surface area contributed by atoms with E-state index in [-0.39, 0.29) is 5.82 Å². The number of aromatic nitrogens is 1. The molecule has 0 fully saturated rings. The molecule has 0 bridgehead atoms. The summed E-state index contributed by atoms with van der Waals surface area (Å²) in [7, 11) is 0. The van der Waals surface area contributed by atoms with Gasteiger partial charge in [0.15, 0.2) is 0 Å². The molecule has 0 spiro atoms. The molecule has 3 rings (SSSR count). The Kier molecular flexibility index (Phi) is 3.45. The highest BCUT2D eigenvalue weighted by molar-refractivity contribution is 5.83. The molecular weight excluding hydrogens is 263 g/mol. The van der Waals surface area contributed by atoms with Crippen LogP contribution in [0.4, 0.5) is 4.39 Å². The molecule has 0 saturated carbocycles. The second-order valence-electron chi connectivity index (χ2n) is 5.07. The second-order valence-corrected chi connectivity index (χ2v) is 5.07. The SMILES string of the molecule is CCc1cccc2ccn(Cc3cc(C#N)ccc3F)c12. The number of hydrogen-bond donors (Lipinski definition) is 0. The number of aryl methyl sites for hydroxylation is 1. The van der Waals surface area contributed by atoms with E-state index in [1.807, 2.05) is 22.9 Å². The fourth-order valence-electron chi connectivity index (χ4n) is 2.71. The Bertz CT molecular complexity index is 840. The molecule has 0 N–H and O–H groups in total. The van der Waals surface area contributed by atoms with Crippen LogP contribution in [0, 0.1) is 17.1 Å². The predicted octanol–water partition coefficient (Wildman–Crippen LogP) is 4.26. The van der Waals surface area contributed by atoms with Crippen LogP contribution < -0.4 is 0 Å². The standard InChI is InChI=1S/C18H15FN2/c1-2-14-4-3-5-15-8-9-21(18(14)15)12-16-10-13(11-20)6-7-17(16)19/h3-10H,2,12H2,1H3. The van der Waals surface area contributed by atoms with E-state index in [0.29, 0.717) is 17.7 Å². The van der Waals surface area contributed by atoms with Crippen molar-refractivity contribution in [3.63, 3.8) is 0 Å². The largest absolute Gasteiger partial charge is 0.343 e. The molecule has 1 aromatic heterocycles. The van der Waals surface area contributed by atoms with Crippen molar-refractivity contribution in [1.29, 1.82) is 5.26 Å². The van der Waals surface area contributed by atoms with E-state index in [4.69, 9.17) is 5.26 Å². The Morgan fingerprint density at radius 3 is 2.76 bits per heavy atom. The summed E-state index contributed by atoms with van der Waals surface area (Å²) >= 11 is 0. The molecule has 0 aliphatic rings. The van der Waals surface area contributed by atoms with Crippen LogP contribution in [0.1, 0.15) is 23.6 Å². The van der Waals surface area contributed by atoms with Crippen LogP contribution >= 0.6 is 0 Å². The highest BCUT2D eigenvalue weighted by atomic mass is 19.1. The minimum atomic E-state index is -0.273. The van der Waals surface area contributed by atoms with E-state index in [1.54, 1.807) is 6.07 Å². The molecule has 2 aromatic carbocycles. The average molecular weight is 278 g/mol. The van der Waals surface area contributed by atoms with Crippen LogP contribution in [-0.4, -0.2) is 4.57 Å². The summed E-state index contributed by atoms with van der Waals surface area (Å²) in [6, 6.07) is 14.8. The lowest BCUT2D eigenvalue weighted by Gasteiger charge is -2.10. The topological polar surface area (TPSA) is 28.7 Å². The minimum Gasteiger partial charge on any atom is -0.343 e.